The summed E-state index contributed by atoms with van der Waals surface area (Å²) in [6, 6.07) is 12.2. The maximum Gasteiger partial charge on any atom is 0.251 e. The van der Waals surface area contributed by atoms with Crippen LogP contribution in [0.15, 0.2) is 42.5 Å². The number of benzene rings is 2. The molecule has 2 aromatic rings. The standard InChI is InChI=1S/C19H22FNO2/c1-13-3-5-15(6-4-13)10-16(12-22)11-21-19(23)18-8-7-17(20)9-14(18)2/h3-9,16,22H,10-12H2,1-2H3,(H,21,23). The molecule has 1 amide bonds. The second-order valence-corrected chi connectivity index (χ2v) is 5.91. The van der Waals surface area contributed by atoms with Gasteiger partial charge in [0.25, 0.3) is 5.91 Å². The van der Waals surface area contributed by atoms with Crippen LogP contribution in [0.1, 0.15) is 27.0 Å². The van der Waals surface area contributed by atoms with Gasteiger partial charge in [-0.15, -0.1) is 0 Å². The van der Waals surface area contributed by atoms with Gasteiger partial charge in [0.15, 0.2) is 0 Å². The molecular formula is C19H22FNO2. The van der Waals surface area contributed by atoms with Crippen LogP contribution >= 0.6 is 0 Å². The summed E-state index contributed by atoms with van der Waals surface area (Å²) in [5.41, 5.74) is 3.37. The fourth-order valence-corrected chi connectivity index (χ4v) is 2.47. The van der Waals surface area contributed by atoms with Crippen LogP contribution in [-0.4, -0.2) is 24.2 Å². The summed E-state index contributed by atoms with van der Waals surface area (Å²) >= 11 is 0. The first-order valence-corrected chi connectivity index (χ1v) is 7.70. The number of hydrogen-bond acceptors (Lipinski definition) is 2. The summed E-state index contributed by atoms with van der Waals surface area (Å²) in [5, 5.41) is 12.3. The Hall–Kier alpha value is -2.20. The molecule has 0 fully saturated rings. The van der Waals surface area contributed by atoms with E-state index >= 15 is 0 Å². The van der Waals surface area contributed by atoms with E-state index in [1.165, 1.54) is 23.8 Å². The highest BCUT2D eigenvalue weighted by molar-refractivity contribution is 5.95. The molecule has 0 aliphatic carbocycles. The van der Waals surface area contributed by atoms with Gasteiger partial charge in [-0.05, 0) is 49.6 Å². The molecule has 1 atom stereocenters. The maximum atomic E-state index is 13.1. The van der Waals surface area contributed by atoms with Crippen LogP contribution in [0, 0.1) is 25.6 Å². The topological polar surface area (TPSA) is 49.3 Å². The van der Waals surface area contributed by atoms with Crippen molar-refractivity contribution in [1.82, 2.24) is 5.32 Å². The predicted octanol–water partition coefficient (Wildman–Crippen LogP) is 3.02. The second kappa shape index (κ2) is 7.88. The van der Waals surface area contributed by atoms with Gasteiger partial charge in [0.2, 0.25) is 0 Å². The van der Waals surface area contributed by atoms with Gasteiger partial charge < -0.3 is 10.4 Å². The zero-order valence-electron chi connectivity index (χ0n) is 13.5. The summed E-state index contributed by atoms with van der Waals surface area (Å²) in [4.78, 5) is 12.2. The number of rotatable bonds is 6. The van der Waals surface area contributed by atoms with Crippen molar-refractivity contribution < 1.29 is 14.3 Å². The lowest BCUT2D eigenvalue weighted by atomic mass is 9.99. The Morgan fingerprint density at radius 2 is 1.87 bits per heavy atom. The van der Waals surface area contributed by atoms with Crippen LogP contribution in [0.5, 0.6) is 0 Å². The fourth-order valence-electron chi connectivity index (χ4n) is 2.47. The van der Waals surface area contributed by atoms with Crippen LogP contribution in [-0.2, 0) is 6.42 Å². The summed E-state index contributed by atoms with van der Waals surface area (Å²) in [5.74, 6) is -0.654. The monoisotopic (exact) mass is 315 g/mol. The third kappa shape index (κ3) is 4.89. The molecule has 2 aromatic carbocycles. The molecule has 3 nitrogen and oxygen atoms in total. The van der Waals surface area contributed by atoms with Gasteiger partial charge in [0.1, 0.15) is 5.82 Å². The number of aliphatic hydroxyl groups is 1. The number of hydrogen-bond donors (Lipinski definition) is 2. The Labute approximate surface area is 136 Å². The minimum atomic E-state index is -0.355. The predicted molar refractivity (Wildman–Crippen MR) is 88.9 cm³/mol. The second-order valence-electron chi connectivity index (χ2n) is 5.91. The highest BCUT2D eigenvalue weighted by atomic mass is 19.1. The zero-order chi connectivity index (χ0) is 16.8. The van der Waals surface area contributed by atoms with Crippen LogP contribution in [0.3, 0.4) is 0 Å². The number of aryl methyl sites for hydroxylation is 2. The molecule has 0 saturated heterocycles. The van der Waals surface area contributed by atoms with Crippen molar-refractivity contribution in [2.24, 2.45) is 5.92 Å². The van der Waals surface area contributed by atoms with Crippen molar-refractivity contribution in [3.8, 4) is 0 Å². The molecule has 0 aromatic heterocycles. The third-order valence-electron chi connectivity index (χ3n) is 3.89. The molecule has 4 heteroatoms. The molecule has 23 heavy (non-hydrogen) atoms. The zero-order valence-corrected chi connectivity index (χ0v) is 13.5. The summed E-state index contributed by atoms with van der Waals surface area (Å²) in [7, 11) is 0. The summed E-state index contributed by atoms with van der Waals surface area (Å²) in [6.45, 7) is 4.10. The van der Waals surface area contributed by atoms with Crippen molar-refractivity contribution in [2.75, 3.05) is 13.2 Å². The van der Waals surface area contributed by atoms with Gasteiger partial charge in [0, 0.05) is 24.6 Å². The van der Waals surface area contributed by atoms with Gasteiger partial charge in [-0.1, -0.05) is 29.8 Å². The SMILES string of the molecule is Cc1ccc(CC(CO)CNC(=O)c2ccc(F)cc2C)cc1. The molecule has 122 valence electrons. The Kier molecular flexibility index (Phi) is 5.88. The molecule has 0 aliphatic rings. The molecule has 0 spiro atoms. The van der Waals surface area contributed by atoms with E-state index in [0.29, 0.717) is 24.1 Å². The number of halogens is 1. The molecule has 0 heterocycles. The molecule has 0 radical (unpaired) electrons. The lowest BCUT2D eigenvalue weighted by molar-refractivity contribution is 0.0939. The van der Waals surface area contributed by atoms with Crippen molar-refractivity contribution in [3.05, 3.63) is 70.5 Å². The van der Waals surface area contributed by atoms with E-state index in [9.17, 15) is 14.3 Å². The van der Waals surface area contributed by atoms with Crippen molar-refractivity contribution in [2.45, 2.75) is 20.3 Å². The van der Waals surface area contributed by atoms with Crippen molar-refractivity contribution in [1.29, 1.82) is 0 Å². The Morgan fingerprint density at radius 3 is 2.48 bits per heavy atom. The Morgan fingerprint density at radius 1 is 1.17 bits per heavy atom. The highest BCUT2D eigenvalue weighted by Crippen LogP contribution is 2.12. The van der Waals surface area contributed by atoms with E-state index < -0.39 is 0 Å². The minimum absolute atomic E-state index is 0.00342. The lowest BCUT2D eigenvalue weighted by Gasteiger charge is -2.16. The smallest absolute Gasteiger partial charge is 0.251 e. The van der Waals surface area contributed by atoms with Gasteiger partial charge in [-0.2, -0.15) is 0 Å². The van der Waals surface area contributed by atoms with Crippen LogP contribution in [0.25, 0.3) is 0 Å². The Balaban J connectivity index is 1.94. The fraction of sp³-hybridized carbons (Fsp3) is 0.316. The first-order valence-electron chi connectivity index (χ1n) is 7.70. The van der Waals surface area contributed by atoms with Crippen molar-refractivity contribution in [3.63, 3.8) is 0 Å². The number of nitrogens with one attached hydrogen (secondary N) is 1. The number of carbonyl (C=O) groups is 1. The van der Waals surface area contributed by atoms with Gasteiger partial charge in [0.05, 0.1) is 0 Å². The maximum absolute atomic E-state index is 13.1. The third-order valence-corrected chi connectivity index (χ3v) is 3.89. The number of aliphatic hydroxyl groups excluding tert-OH is 1. The van der Waals surface area contributed by atoms with E-state index in [-0.39, 0.29) is 24.2 Å². The number of carbonyl (C=O) groups excluding carboxylic acids is 1. The van der Waals surface area contributed by atoms with E-state index in [4.69, 9.17) is 0 Å². The lowest BCUT2D eigenvalue weighted by Crippen LogP contribution is -2.32. The minimum Gasteiger partial charge on any atom is -0.396 e. The average molecular weight is 315 g/mol. The first kappa shape index (κ1) is 17.2. The Bertz CT molecular complexity index is 668. The average Bonchev–Trinajstić information content (AvgIpc) is 2.53. The van der Waals surface area contributed by atoms with Crippen LogP contribution in [0.4, 0.5) is 4.39 Å². The molecule has 0 aliphatic heterocycles. The van der Waals surface area contributed by atoms with Crippen LogP contribution in [0.2, 0.25) is 0 Å². The van der Waals surface area contributed by atoms with E-state index in [1.54, 1.807) is 6.92 Å². The molecular weight excluding hydrogens is 293 g/mol. The molecule has 1 unspecified atom stereocenters. The van der Waals surface area contributed by atoms with E-state index in [2.05, 4.69) is 5.32 Å². The highest BCUT2D eigenvalue weighted by Gasteiger charge is 2.13. The van der Waals surface area contributed by atoms with Gasteiger partial charge in [-0.3, -0.25) is 4.79 Å². The molecule has 0 bridgehead atoms. The first-order chi connectivity index (χ1) is 11.0. The van der Waals surface area contributed by atoms with E-state index in [1.807, 2.05) is 31.2 Å². The summed E-state index contributed by atoms with van der Waals surface area (Å²) in [6.07, 6.45) is 0.694. The quantitative estimate of drug-likeness (QED) is 0.861. The molecule has 2 rings (SSSR count). The van der Waals surface area contributed by atoms with Crippen molar-refractivity contribution >= 4 is 5.91 Å². The van der Waals surface area contributed by atoms with Gasteiger partial charge >= 0.3 is 0 Å². The largest absolute Gasteiger partial charge is 0.396 e. The molecule has 0 saturated carbocycles. The van der Waals surface area contributed by atoms with Crippen LogP contribution < -0.4 is 5.32 Å². The normalized spacial score (nSPS) is 12.0. The summed E-state index contributed by atoms with van der Waals surface area (Å²) < 4.78 is 13.1. The molecule has 2 N–H and O–H groups in total. The number of amides is 1. The van der Waals surface area contributed by atoms with E-state index in [0.717, 1.165) is 5.56 Å². The van der Waals surface area contributed by atoms with Gasteiger partial charge in [-0.25, -0.2) is 4.39 Å².